The molecule has 124 valence electrons. The number of nitrogens with zero attached hydrogens (tertiary/aromatic N) is 1. The molecule has 0 aliphatic rings. The minimum Gasteiger partial charge on any atom is -0.497 e. The van der Waals surface area contributed by atoms with Crippen molar-refractivity contribution in [3.8, 4) is 5.75 Å². The van der Waals surface area contributed by atoms with Crippen LogP contribution >= 0.6 is 0 Å². The molecule has 1 aromatic rings. The Morgan fingerprint density at radius 2 is 1.82 bits per heavy atom. The number of guanidine groups is 1. The van der Waals surface area contributed by atoms with Gasteiger partial charge < -0.3 is 15.4 Å². The number of methoxy groups -OCH3 is 1. The second-order valence-corrected chi connectivity index (χ2v) is 8.31. The van der Waals surface area contributed by atoms with E-state index in [1.165, 1.54) is 6.26 Å². The van der Waals surface area contributed by atoms with Crippen molar-refractivity contribution in [1.82, 2.24) is 10.6 Å². The van der Waals surface area contributed by atoms with E-state index in [9.17, 15) is 8.42 Å². The molecule has 2 N–H and O–H groups in total. The first-order chi connectivity index (χ1) is 10.2. The highest BCUT2D eigenvalue weighted by Crippen LogP contribution is 2.13. The van der Waals surface area contributed by atoms with Crippen molar-refractivity contribution in [2.75, 3.05) is 27.0 Å². The van der Waals surface area contributed by atoms with Crippen LogP contribution in [0.1, 0.15) is 19.4 Å². The minimum atomic E-state index is -3.14. The molecule has 1 rings (SSSR count). The molecule has 0 radical (unpaired) electrons. The van der Waals surface area contributed by atoms with Crippen molar-refractivity contribution in [3.05, 3.63) is 29.8 Å². The van der Waals surface area contributed by atoms with E-state index in [1.54, 1.807) is 28.0 Å². The largest absolute Gasteiger partial charge is 0.497 e. The molecule has 0 heterocycles. The molecule has 0 aromatic heterocycles. The molecular weight excluding hydrogens is 302 g/mol. The Morgan fingerprint density at radius 1 is 1.23 bits per heavy atom. The number of hydrogen-bond donors (Lipinski definition) is 2. The maximum absolute atomic E-state index is 11.7. The highest BCUT2D eigenvalue weighted by molar-refractivity contribution is 7.92. The monoisotopic (exact) mass is 327 g/mol. The third kappa shape index (κ3) is 5.22. The molecule has 7 heteroatoms. The van der Waals surface area contributed by atoms with Crippen LogP contribution in [-0.4, -0.2) is 46.1 Å². The molecular formula is C15H25N3O3S. The smallest absolute Gasteiger partial charge is 0.191 e. The van der Waals surface area contributed by atoms with Crippen molar-refractivity contribution in [3.63, 3.8) is 0 Å². The van der Waals surface area contributed by atoms with Gasteiger partial charge in [0.1, 0.15) is 5.75 Å². The van der Waals surface area contributed by atoms with Crippen molar-refractivity contribution in [2.24, 2.45) is 4.99 Å². The lowest BCUT2D eigenvalue weighted by Gasteiger charge is -2.24. The third-order valence-corrected chi connectivity index (χ3v) is 5.68. The summed E-state index contributed by atoms with van der Waals surface area (Å²) in [4.78, 5) is 4.10. The van der Waals surface area contributed by atoms with Gasteiger partial charge in [-0.1, -0.05) is 12.1 Å². The Morgan fingerprint density at radius 3 is 2.27 bits per heavy atom. The summed E-state index contributed by atoms with van der Waals surface area (Å²) in [5, 5.41) is 6.19. The fourth-order valence-electron chi connectivity index (χ4n) is 1.58. The summed E-state index contributed by atoms with van der Waals surface area (Å²) in [5.74, 6) is 1.37. The maximum atomic E-state index is 11.7. The summed E-state index contributed by atoms with van der Waals surface area (Å²) in [7, 11) is 0.137. The third-order valence-electron chi connectivity index (χ3n) is 3.53. The number of aliphatic imine (C=N–C) groups is 1. The van der Waals surface area contributed by atoms with E-state index in [0.717, 1.165) is 11.3 Å². The quantitative estimate of drug-likeness (QED) is 0.606. The van der Waals surface area contributed by atoms with E-state index in [0.29, 0.717) is 12.5 Å². The molecule has 0 aliphatic heterocycles. The zero-order chi connectivity index (χ0) is 16.8. The number of rotatable bonds is 6. The van der Waals surface area contributed by atoms with Gasteiger partial charge in [0.15, 0.2) is 15.8 Å². The zero-order valence-electron chi connectivity index (χ0n) is 13.8. The number of benzene rings is 1. The van der Waals surface area contributed by atoms with Gasteiger partial charge in [-0.05, 0) is 31.5 Å². The van der Waals surface area contributed by atoms with Crippen LogP contribution in [0.3, 0.4) is 0 Å². The van der Waals surface area contributed by atoms with Crippen LogP contribution in [0.5, 0.6) is 5.75 Å². The van der Waals surface area contributed by atoms with Crippen molar-refractivity contribution < 1.29 is 13.2 Å². The Balaban J connectivity index is 2.56. The van der Waals surface area contributed by atoms with Crippen LogP contribution in [-0.2, 0) is 16.4 Å². The Hall–Kier alpha value is -1.76. The van der Waals surface area contributed by atoms with Crippen molar-refractivity contribution in [2.45, 2.75) is 25.1 Å². The van der Waals surface area contributed by atoms with Crippen LogP contribution in [0.2, 0.25) is 0 Å². The van der Waals surface area contributed by atoms with Gasteiger partial charge in [0.05, 0.1) is 11.9 Å². The topological polar surface area (TPSA) is 79.8 Å². The first-order valence-electron chi connectivity index (χ1n) is 6.96. The summed E-state index contributed by atoms with van der Waals surface area (Å²) < 4.78 is 27.6. The van der Waals surface area contributed by atoms with E-state index in [2.05, 4.69) is 15.6 Å². The van der Waals surface area contributed by atoms with Crippen molar-refractivity contribution in [1.29, 1.82) is 0 Å². The van der Waals surface area contributed by atoms with Gasteiger partial charge in [0.25, 0.3) is 0 Å². The zero-order valence-corrected chi connectivity index (χ0v) is 14.6. The molecule has 0 bridgehead atoms. The molecule has 6 nitrogen and oxygen atoms in total. The van der Waals surface area contributed by atoms with E-state index in [4.69, 9.17) is 4.74 Å². The summed E-state index contributed by atoms with van der Waals surface area (Å²) in [5.41, 5.74) is 1.08. The molecule has 0 saturated heterocycles. The van der Waals surface area contributed by atoms with Crippen LogP contribution in [0.25, 0.3) is 0 Å². The standard InChI is InChI=1S/C15H25N3O3S/c1-15(2,22(5,19)20)11-18-14(16-3)17-10-12-6-8-13(21-4)9-7-12/h6-9H,10-11H2,1-5H3,(H2,16,17,18). The second kappa shape index (κ2) is 7.49. The van der Waals surface area contributed by atoms with Crippen LogP contribution < -0.4 is 15.4 Å². The molecule has 22 heavy (non-hydrogen) atoms. The normalized spacial score (nSPS) is 12.9. The Bertz CT molecular complexity index is 607. The minimum absolute atomic E-state index is 0.286. The molecule has 0 unspecified atom stereocenters. The average Bonchev–Trinajstić information content (AvgIpc) is 2.46. The van der Waals surface area contributed by atoms with E-state index >= 15 is 0 Å². The van der Waals surface area contributed by atoms with Gasteiger partial charge in [0, 0.05) is 26.4 Å². The molecule has 0 fully saturated rings. The van der Waals surface area contributed by atoms with Gasteiger partial charge in [-0.15, -0.1) is 0 Å². The summed E-state index contributed by atoms with van der Waals surface area (Å²) in [6.45, 7) is 4.25. The molecule has 0 spiro atoms. The van der Waals surface area contributed by atoms with Crippen molar-refractivity contribution >= 4 is 15.8 Å². The number of ether oxygens (including phenoxy) is 1. The highest BCUT2D eigenvalue weighted by atomic mass is 32.2. The summed E-state index contributed by atoms with van der Waals surface area (Å²) in [6.07, 6.45) is 1.24. The molecule has 0 saturated carbocycles. The summed E-state index contributed by atoms with van der Waals surface area (Å²) in [6, 6.07) is 7.69. The lowest BCUT2D eigenvalue weighted by Crippen LogP contribution is -2.47. The maximum Gasteiger partial charge on any atom is 0.191 e. The van der Waals surface area contributed by atoms with Gasteiger partial charge in [0.2, 0.25) is 0 Å². The SMILES string of the molecule is CN=C(NCc1ccc(OC)cc1)NCC(C)(C)S(C)(=O)=O. The fourth-order valence-corrected chi connectivity index (χ4v) is 1.91. The number of hydrogen-bond acceptors (Lipinski definition) is 4. The Labute approximate surface area is 132 Å². The predicted octanol–water partition coefficient (Wildman–Crippen LogP) is 1.18. The Kier molecular flexibility index (Phi) is 6.22. The van der Waals surface area contributed by atoms with E-state index in [-0.39, 0.29) is 6.54 Å². The molecule has 0 amide bonds. The van der Waals surface area contributed by atoms with E-state index < -0.39 is 14.6 Å². The lowest BCUT2D eigenvalue weighted by atomic mass is 10.2. The van der Waals surface area contributed by atoms with Gasteiger partial charge in [-0.25, -0.2) is 8.42 Å². The fraction of sp³-hybridized carbons (Fsp3) is 0.533. The van der Waals surface area contributed by atoms with Gasteiger partial charge >= 0.3 is 0 Å². The summed E-state index contributed by atoms with van der Waals surface area (Å²) >= 11 is 0. The number of nitrogens with one attached hydrogen (secondary N) is 2. The molecule has 0 aliphatic carbocycles. The first kappa shape index (κ1) is 18.3. The van der Waals surface area contributed by atoms with Gasteiger partial charge in [-0.2, -0.15) is 0 Å². The van der Waals surface area contributed by atoms with Crippen LogP contribution in [0.15, 0.2) is 29.3 Å². The average molecular weight is 327 g/mol. The van der Waals surface area contributed by atoms with Gasteiger partial charge in [-0.3, -0.25) is 4.99 Å². The number of sulfone groups is 1. The predicted molar refractivity (Wildman–Crippen MR) is 90.1 cm³/mol. The van der Waals surface area contributed by atoms with Crippen LogP contribution in [0.4, 0.5) is 0 Å². The first-order valence-corrected chi connectivity index (χ1v) is 8.86. The van der Waals surface area contributed by atoms with Crippen LogP contribution in [0, 0.1) is 0 Å². The lowest BCUT2D eigenvalue weighted by molar-refractivity contribution is 0.414. The van der Waals surface area contributed by atoms with E-state index in [1.807, 2.05) is 24.3 Å². The molecule has 0 atom stereocenters. The second-order valence-electron chi connectivity index (χ2n) is 5.66. The highest BCUT2D eigenvalue weighted by Gasteiger charge is 2.30. The molecule has 1 aromatic carbocycles.